The van der Waals surface area contributed by atoms with Crippen molar-refractivity contribution in [1.29, 1.82) is 5.26 Å². The number of aromatic amines is 1. The van der Waals surface area contributed by atoms with Gasteiger partial charge in [-0.2, -0.15) is 9.66 Å². The van der Waals surface area contributed by atoms with Crippen molar-refractivity contribution in [3.05, 3.63) is 51.9 Å². The third-order valence-electron chi connectivity index (χ3n) is 5.98. The highest BCUT2D eigenvalue weighted by atomic mass is 16.5. The van der Waals surface area contributed by atoms with Gasteiger partial charge in [0.05, 0.1) is 30.4 Å². The largest absolute Gasteiger partial charge is 0.462 e. The van der Waals surface area contributed by atoms with Crippen molar-refractivity contribution in [2.45, 2.75) is 32.3 Å². The summed E-state index contributed by atoms with van der Waals surface area (Å²) in [5.74, 6) is -0.223. The summed E-state index contributed by atoms with van der Waals surface area (Å²) in [5, 5.41) is 9.69. The van der Waals surface area contributed by atoms with Gasteiger partial charge in [0.15, 0.2) is 0 Å². The lowest BCUT2D eigenvalue weighted by Crippen LogP contribution is -2.37. The van der Waals surface area contributed by atoms with Gasteiger partial charge in [-0.15, -0.1) is 0 Å². The number of hydrogen-bond acceptors (Lipinski definition) is 5. The van der Waals surface area contributed by atoms with Crippen LogP contribution < -0.4 is 10.00 Å². The Morgan fingerprint density at radius 3 is 2.90 bits per heavy atom. The summed E-state index contributed by atoms with van der Waals surface area (Å²) in [7, 11) is 1.79. The Morgan fingerprint density at radius 1 is 1.37 bits per heavy atom. The van der Waals surface area contributed by atoms with E-state index in [4.69, 9.17) is 9.72 Å². The minimum Gasteiger partial charge on any atom is -0.462 e. The van der Waals surface area contributed by atoms with Gasteiger partial charge < -0.3 is 9.72 Å². The van der Waals surface area contributed by atoms with Gasteiger partial charge in [0.25, 0.3) is 11.1 Å². The smallest absolute Gasteiger partial charge is 0.338 e. The molecule has 0 amide bonds. The summed E-state index contributed by atoms with van der Waals surface area (Å²) >= 11 is 0. The van der Waals surface area contributed by atoms with Crippen LogP contribution in [0.1, 0.15) is 31.0 Å². The number of aromatic nitrogens is 4. The van der Waals surface area contributed by atoms with E-state index in [2.05, 4.69) is 4.98 Å². The summed E-state index contributed by atoms with van der Waals surface area (Å²) in [6.07, 6.45) is 3.56. The van der Waals surface area contributed by atoms with E-state index >= 15 is 0 Å². The first-order chi connectivity index (χ1) is 14.5. The molecule has 8 nitrogen and oxygen atoms in total. The van der Waals surface area contributed by atoms with Gasteiger partial charge in [-0.3, -0.25) is 9.59 Å². The second-order valence-electron chi connectivity index (χ2n) is 7.75. The fourth-order valence-electron chi connectivity index (χ4n) is 4.34. The van der Waals surface area contributed by atoms with Crippen LogP contribution in [0.4, 0.5) is 0 Å². The zero-order chi connectivity index (χ0) is 21.0. The zero-order valence-corrected chi connectivity index (χ0v) is 16.7. The summed E-state index contributed by atoms with van der Waals surface area (Å²) in [6.45, 7) is 1.98. The molecule has 4 heterocycles. The fraction of sp³-hybridized carbons (Fsp3) is 0.318. The molecular formula is C22H20N5O3+. The van der Waals surface area contributed by atoms with Crippen molar-refractivity contribution in [1.82, 2.24) is 14.4 Å². The predicted molar refractivity (Wildman–Crippen MR) is 109 cm³/mol. The normalized spacial score (nSPS) is 18.9. The van der Waals surface area contributed by atoms with E-state index in [-0.39, 0.29) is 29.0 Å². The monoisotopic (exact) mass is 402 g/mol. The van der Waals surface area contributed by atoms with Crippen LogP contribution in [0.5, 0.6) is 0 Å². The number of ether oxygens (including phenoxy) is 1. The van der Waals surface area contributed by atoms with Crippen LogP contribution in [0.25, 0.3) is 27.8 Å². The topological polar surface area (TPSA) is 104 Å². The number of rotatable bonds is 3. The summed E-state index contributed by atoms with van der Waals surface area (Å²) in [6, 6.07) is 9.54. The molecule has 150 valence electrons. The van der Waals surface area contributed by atoms with Crippen molar-refractivity contribution in [2.24, 2.45) is 13.0 Å². The van der Waals surface area contributed by atoms with E-state index in [1.807, 2.05) is 43.5 Å². The minimum absolute atomic E-state index is 0.0364. The van der Waals surface area contributed by atoms with E-state index < -0.39 is 0 Å². The lowest BCUT2D eigenvalue weighted by Gasteiger charge is -2.05. The molecule has 3 aromatic heterocycles. The molecule has 0 spiro atoms. The third kappa shape index (κ3) is 2.59. The molecule has 8 heteroatoms. The molecule has 1 aliphatic heterocycles. The maximum absolute atomic E-state index is 13.1. The average molecular weight is 402 g/mol. The number of esters is 1. The van der Waals surface area contributed by atoms with E-state index in [0.717, 1.165) is 23.1 Å². The molecule has 0 radical (unpaired) electrons. The molecule has 2 atom stereocenters. The molecule has 0 aliphatic carbocycles. The van der Waals surface area contributed by atoms with E-state index in [1.165, 1.54) is 0 Å². The molecule has 0 unspecified atom stereocenters. The number of para-hydroxylation sites is 2. The summed E-state index contributed by atoms with van der Waals surface area (Å²) in [4.78, 5) is 33.0. The van der Waals surface area contributed by atoms with Crippen molar-refractivity contribution in [3.8, 4) is 6.07 Å². The van der Waals surface area contributed by atoms with Crippen LogP contribution in [0.3, 0.4) is 0 Å². The second-order valence-corrected chi connectivity index (χ2v) is 7.75. The van der Waals surface area contributed by atoms with E-state index in [0.29, 0.717) is 29.7 Å². The van der Waals surface area contributed by atoms with Gasteiger partial charge in [0.2, 0.25) is 0 Å². The lowest BCUT2D eigenvalue weighted by atomic mass is 10.0. The molecule has 4 aromatic rings. The van der Waals surface area contributed by atoms with Gasteiger partial charge >= 0.3 is 11.6 Å². The number of cyclic esters (lactones) is 1. The third-order valence-corrected chi connectivity index (χ3v) is 5.98. The first kappa shape index (κ1) is 18.3. The number of hydrogen-bond donors (Lipinski definition) is 1. The maximum atomic E-state index is 13.1. The maximum Gasteiger partial charge on any atom is 0.338 e. The van der Waals surface area contributed by atoms with Gasteiger partial charge in [-0.25, -0.2) is 9.55 Å². The number of nitriles is 1. The molecule has 1 aromatic carbocycles. The number of H-pyrrole nitrogens is 1. The fourth-order valence-corrected chi connectivity index (χ4v) is 4.34. The Morgan fingerprint density at radius 2 is 2.17 bits per heavy atom. The molecule has 1 fully saturated rings. The minimum atomic E-state index is -0.359. The van der Waals surface area contributed by atoms with Crippen LogP contribution in [0, 0.1) is 17.2 Å². The lowest BCUT2D eigenvalue weighted by molar-refractivity contribution is -0.653. The summed E-state index contributed by atoms with van der Waals surface area (Å²) in [5.41, 5.74) is 3.29. The van der Waals surface area contributed by atoms with Crippen LogP contribution >= 0.6 is 0 Å². The van der Waals surface area contributed by atoms with Crippen LogP contribution in [0.15, 0.2) is 35.3 Å². The summed E-state index contributed by atoms with van der Waals surface area (Å²) < 4.78 is 9.02. The Hall–Kier alpha value is -3.73. The zero-order valence-electron chi connectivity index (χ0n) is 16.7. The van der Waals surface area contributed by atoms with Crippen molar-refractivity contribution in [3.63, 3.8) is 0 Å². The Bertz CT molecular complexity index is 1440. The second kappa shape index (κ2) is 6.66. The van der Waals surface area contributed by atoms with Crippen LogP contribution in [-0.2, 0) is 23.0 Å². The number of fused-ring (bicyclic) bond motifs is 4. The van der Waals surface area contributed by atoms with Crippen molar-refractivity contribution in [2.75, 3.05) is 0 Å². The van der Waals surface area contributed by atoms with Gasteiger partial charge in [-0.1, -0.05) is 19.1 Å². The molecule has 0 saturated carbocycles. The molecule has 5 rings (SSSR count). The van der Waals surface area contributed by atoms with Crippen molar-refractivity contribution < 1.29 is 14.1 Å². The number of carbonyl (C=O) groups is 1. The Balaban J connectivity index is 1.73. The van der Waals surface area contributed by atoms with E-state index in [1.54, 1.807) is 16.0 Å². The highest BCUT2D eigenvalue weighted by Crippen LogP contribution is 2.26. The van der Waals surface area contributed by atoms with Gasteiger partial charge in [0.1, 0.15) is 35.1 Å². The number of imidazole rings is 1. The number of carbonyl (C=O) groups excluding carboxylic acids is 1. The first-order valence-electron chi connectivity index (χ1n) is 9.97. The molecule has 0 bridgehead atoms. The standard InChI is InChI=1S/C22H19N5O3/c1-3-12-8-14(30-22(12)29)9-13-11-27-20-18(15(10-23)19(28)21(27)26(13)2)24-16-6-4-5-7-17(16)25-20/h4-7,11-12,14H,3,8-9H2,1-2H3/p+1/t12-,14+/m1/s1. The average Bonchev–Trinajstić information content (AvgIpc) is 3.27. The van der Waals surface area contributed by atoms with Gasteiger partial charge in [0, 0.05) is 0 Å². The number of benzene rings is 1. The Labute approximate surface area is 171 Å². The Kier molecular flexibility index (Phi) is 4.07. The highest BCUT2D eigenvalue weighted by Gasteiger charge is 2.35. The number of aryl methyl sites for hydroxylation is 1. The molecular weight excluding hydrogens is 382 g/mol. The van der Waals surface area contributed by atoms with Crippen LogP contribution in [-0.4, -0.2) is 26.4 Å². The highest BCUT2D eigenvalue weighted by molar-refractivity contribution is 5.88. The van der Waals surface area contributed by atoms with Crippen LogP contribution in [0.2, 0.25) is 0 Å². The molecule has 1 saturated heterocycles. The van der Waals surface area contributed by atoms with Gasteiger partial charge in [-0.05, 0) is 25.0 Å². The SMILES string of the molecule is CC[C@@H]1C[C@@H](Cc2cn3c4nc5ccccc5[nH]c4c(C#N)c(=O)c3[n+]2C)OC1=O. The molecule has 30 heavy (non-hydrogen) atoms. The number of nitrogens with one attached hydrogen (secondary N) is 1. The first-order valence-corrected chi connectivity index (χ1v) is 9.97. The van der Waals surface area contributed by atoms with Crippen molar-refractivity contribution >= 4 is 33.8 Å². The number of nitrogens with zero attached hydrogens (tertiary/aromatic N) is 4. The molecule has 1 aliphatic rings. The predicted octanol–water partition coefficient (Wildman–Crippen LogP) is 1.91. The quantitative estimate of drug-likeness (QED) is 0.320. The van der Waals surface area contributed by atoms with E-state index in [9.17, 15) is 14.9 Å². The number of pyridine rings is 1. The molecule has 1 N–H and O–H groups in total.